The minimum atomic E-state index is 0.383. The molecule has 0 bridgehead atoms. The second kappa shape index (κ2) is 21.3. The van der Waals surface area contributed by atoms with E-state index in [1.807, 2.05) is 80.4 Å². The Morgan fingerprint density at radius 2 is 1.11 bits per heavy atom. The summed E-state index contributed by atoms with van der Waals surface area (Å²) in [5.74, 6) is 1.74. The summed E-state index contributed by atoms with van der Waals surface area (Å²) in [7, 11) is 0. The van der Waals surface area contributed by atoms with Gasteiger partial charge in [-0.1, -0.05) is 65.7 Å². The van der Waals surface area contributed by atoms with Crippen molar-refractivity contribution in [3.63, 3.8) is 0 Å². The number of nitrogens with zero attached hydrogens (tertiary/aromatic N) is 6. The summed E-state index contributed by atoms with van der Waals surface area (Å²) in [6.07, 6.45) is 33.1. The van der Waals surface area contributed by atoms with E-state index in [1.54, 1.807) is 17.2 Å². The van der Waals surface area contributed by atoms with Crippen molar-refractivity contribution in [1.82, 2.24) is 29.1 Å². The molecular formula is C56H56Cl2N6O. The molecule has 0 amide bonds. The summed E-state index contributed by atoms with van der Waals surface area (Å²) < 4.78 is 4.34. The van der Waals surface area contributed by atoms with Gasteiger partial charge >= 0.3 is 0 Å². The van der Waals surface area contributed by atoms with Crippen molar-refractivity contribution in [2.24, 2.45) is 5.92 Å². The largest absolute Gasteiger partial charge is 0.508 e. The Morgan fingerprint density at radius 3 is 1.83 bits per heavy atom. The van der Waals surface area contributed by atoms with Crippen molar-refractivity contribution in [2.45, 2.75) is 95.1 Å². The molecule has 12 rings (SSSR count). The summed E-state index contributed by atoms with van der Waals surface area (Å²) in [5, 5.41) is 11.1. The first-order chi connectivity index (χ1) is 31.9. The maximum atomic E-state index is 9.46. The van der Waals surface area contributed by atoms with Gasteiger partial charge in [-0.25, -0.2) is 9.97 Å². The number of hydrogen-bond acceptors (Lipinski definition) is 5. The number of rotatable bonds is 6. The van der Waals surface area contributed by atoms with Crippen molar-refractivity contribution >= 4 is 23.2 Å². The van der Waals surface area contributed by atoms with E-state index in [1.165, 1.54) is 76.6 Å². The van der Waals surface area contributed by atoms with E-state index in [0.717, 1.165) is 55.0 Å². The molecule has 0 aliphatic heterocycles. The molecule has 4 heterocycles. The molecular weight excluding hydrogens is 844 g/mol. The lowest BCUT2D eigenvalue weighted by Gasteiger charge is -2.26. The van der Waals surface area contributed by atoms with Gasteiger partial charge in [0, 0.05) is 59.6 Å². The number of aromatic nitrogens is 6. The zero-order chi connectivity index (χ0) is 44.4. The van der Waals surface area contributed by atoms with Gasteiger partial charge in [0.1, 0.15) is 5.75 Å². The van der Waals surface area contributed by atoms with Gasteiger partial charge in [0.2, 0.25) is 0 Å². The maximum Gasteiger partial charge on any atom is 0.115 e. The predicted molar refractivity (Wildman–Crippen MR) is 262 cm³/mol. The summed E-state index contributed by atoms with van der Waals surface area (Å²) in [5.41, 5.74) is 14.1. The molecule has 4 aliphatic rings. The van der Waals surface area contributed by atoms with E-state index in [9.17, 15) is 5.11 Å². The maximum absolute atomic E-state index is 9.46. The monoisotopic (exact) mass is 898 g/mol. The summed E-state index contributed by atoms with van der Waals surface area (Å²) in [4.78, 5) is 16.3. The fraction of sp³-hybridized carbons (Fsp3) is 0.286. The molecule has 1 N–H and O–H groups in total. The average molecular weight is 900 g/mol. The van der Waals surface area contributed by atoms with E-state index in [0.29, 0.717) is 29.7 Å². The van der Waals surface area contributed by atoms with Crippen molar-refractivity contribution in [1.29, 1.82) is 0 Å². The van der Waals surface area contributed by atoms with Gasteiger partial charge in [-0.2, -0.15) is 0 Å². The third kappa shape index (κ3) is 11.3. The Kier molecular flexibility index (Phi) is 14.5. The molecule has 0 radical (unpaired) electrons. The number of aryl methyl sites for hydroxylation is 3. The summed E-state index contributed by atoms with van der Waals surface area (Å²) in [6.45, 7) is 0. The lowest BCUT2D eigenvalue weighted by molar-refractivity contribution is 0.474. The number of benzene rings is 4. The van der Waals surface area contributed by atoms with Gasteiger partial charge in [0.25, 0.3) is 0 Å². The molecule has 4 unspecified atom stereocenters. The summed E-state index contributed by atoms with van der Waals surface area (Å²) >= 11 is 12.1. The number of fused-ring (bicyclic) bond motifs is 4. The average Bonchev–Trinajstić information content (AvgIpc) is 4.19. The first-order valence-electron chi connectivity index (χ1n) is 23.1. The number of phenols is 1. The molecule has 0 saturated carbocycles. The second-order valence-electron chi connectivity index (χ2n) is 17.8. The Hall–Kier alpha value is -6.02. The van der Waals surface area contributed by atoms with Crippen molar-refractivity contribution in [3.05, 3.63) is 231 Å². The van der Waals surface area contributed by atoms with Crippen LogP contribution in [0.4, 0.5) is 0 Å². The molecule has 0 spiro atoms. The molecule has 7 nitrogen and oxygen atoms in total. The molecule has 8 aromatic rings. The van der Waals surface area contributed by atoms with Gasteiger partial charge in [-0.3, -0.25) is 9.97 Å². The fourth-order valence-electron chi connectivity index (χ4n) is 10.4. The molecule has 4 aromatic carbocycles. The van der Waals surface area contributed by atoms with Crippen LogP contribution in [-0.4, -0.2) is 34.2 Å². The molecule has 330 valence electrons. The van der Waals surface area contributed by atoms with Crippen LogP contribution in [0.2, 0.25) is 10.0 Å². The predicted octanol–water partition coefficient (Wildman–Crippen LogP) is 13.0. The van der Waals surface area contributed by atoms with Crippen molar-refractivity contribution in [3.8, 4) is 5.75 Å². The number of aromatic hydroxyl groups is 1. The smallest absolute Gasteiger partial charge is 0.115 e. The molecule has 0 saturated heterocycles. The molecule has 9 heteroatoms. The zero-order valence-corrected chi connectivity index (χ0v) is 38.3. The highest BCUT2D eigenvalue weighted by atomic mass is 35.5. The highest BCUT2D eigenvalue weighted by molar-refractivity contribution is 6.31. The van der Waals surface area contributed by atoms with E-state index >= 15 is 0 Å². The van der Waals surface area contributed by atoms with Crippen LogP contribution in [0.1, 0.15) is 106 Å². The SMILES string of the molecule is Clc1ccc2c(c1)C(n1ccnc1)CCC2.Clc1ccc2c(c1)CCC2n1ccnc1.Oc1ccc2c(c1)CC(Cc1ccncc1)C2.c1ccc2c(c1)CCCC2Cc1ccncc1. The van der Waals surface area contributed by atoms with Crippen molar-refractivity contribution < 1.29 is 5.11 Å². The van der Waals surface area contributed by atoms with Crippen LogP contribution >= 0.6 is 23.2 Å². The van der Waals surface area contributed by atoms with Gasteiger partial charge in [0.15, 0.2) is 0 Å². The third-order valence-electron chi connectivity index (χ3n) is 13.5. The Bertz CT molecular complexity index is 2740. The summed E-state index contributed by atoms with van der Waals surface area (Å²) in [6, 6.07) is 36.4. The van der Waals surface area contributed by atoms with Crippen LogP contribution in [0, 0.1) is 5.92 Å². The number of pyridine rings is 2. The number of phenolic OH excluding ortho intramolecular Hbond substituents is 1. The number of hydrogen-bond donors (Lipinski definition) is 1. The highest BCUT2D eigenvalue weighted by Gasteiger charge is 2.25. The van der Waals surface area contributed by atoms with Crippen LogP contribution in [0.15, 0.2) is 165 Å². The van der Waals surface area contributed by atoms with Crippen LogP contribution in [0.5, 0.6) is 5.75 Å². The van der Waals surface area contributed by atoms with Crippen molar-refractivity contribution in [2.75, 3.05) is 0 Å². The zero-order valence-electron chi connectivity index (χ0n) is 36.8. The second-order valence-corrected chi connectivity index (χ2v) is 18.7. The minimum Gasteiger partial charge on any atom is -0.508 e. The third-order valence-corrected chi connectivity index (χ3v) is 14.0. The molecule has 4 aliphatic carbocycles. The van der Waals surface area contributed by atoms with Crippen LogP contribution in [0.3, 0.4) is 0 Å². The topological polar surface area (TPSA) is 81.7 Å². The number of imidazole rings is 2. The van der Waals surface area contributed by atoms with Crippen LogP contribution in [0.25, 0.3) is 0 Å². The molecule has 4 aromatic heterocycles. The highest BCUT2D eigenvalue weighted by Crippen LogP contribution is 2.37. The van der Waals surface area contributed by atoms with E-state index in [4.69, 9.17) is 23.2 Å². The lowest BCUT2D eigenvalue weighted by Crippen LogP contribution is -2.16. The standard InChI is InChI=1S/C16H17N.C15H15NO.C13H13ClN2.C12H11ClN2/c1-2-7-16-14(4-1)5-3-6-15(16)12-13-8-10-17-11-9-13;17-15-2-1-13-8-12(9-14(13)10-15)7-11-3-5-16-6-4-11;14-11-5-4-10-2-1-3-13(12(10)8-11)16-7-6-15-9-16;13-10-2-3-11-9(7-10)1-4-12(11)15-6-5-14-8-15/h1-2,4,7-11,15H,3,5-6,12H2;1-6,10,12,17H,7-9H2;4-9,13H,1-3H2;2-3,5-8,12H,1,4H2. The van der Waals surface area contributed by atoms with Crippen LogP contribution < -0.4 is 0 Å². The first kappa shape index (κ1) is 44.2. The van der Waals surface area contributed by atoms with E-state index in [-0.39, 0.29) is 0 Å². The molecule has 65 heavy (non-hydrogen) atoms. The molecule has 0 fully saturated rings. The molecule has 4 atom stereocenters. The van der Waals surface area contributed by atoms with Gasteiger partial charge in [-0.05, 0) is 205 Å². The van der Waals surface area contributed by atoms with Gasteiger partial charge in [-0.15, -0.1) is 0 Å². The van der Waals surface area contributed by atoms with E-state index in [2.05, 4.69) is 108 Å². The first-order valence-corrected chi connectivity index (χ1v) is 23.9. The minimum absolute atomic E-state index is 0.383. The van der Waals surface area contributed by atoms with Crippen LogP contribution in [-0.2, 0) is 44.9 Å². The van der Waals surface area contributed by atoms with Gasteiger partial charge in [0.05, 0.1) is 24.7 Å². The van der Waals surface area contributed by atoms with E-state index < -0.39 is 0 Å². The fourth-order valence-corrected chi connectivity index (χ4v) is 10.8. The normalized spacial score (nSPS) is 18.8. The lowest BCUT2D eigenvalue weighted by atomic mass is 9.80. The Morgan fingerprint density at radius 1 is 0.492 bits per heavy atom. The quantitative estimate of drug-likeness (QED) is 0.180. The number of halogens is 2. The van der Waals surface area contributed by atoms with Gasteiger partial charge < -0.3 is 14.2 Å². The Balaban J connectivity index is 0.000000109. The Labute approximate surface area is 393 Å².